The molecule has 2 rings (SSSR count). The molecule has 0 saturated heterocycles. The predicted molar refractivity (Wildman–Crippen MR) is 68.5 cm³/mol. The number of para-hydroxylation sites is 1. The Morgan fingerprint density at radius 3 is 2.83 bits per heavy atom. The number of amides is 1. The van der Waals surface area contributed by atoms with Gasteiger partial charge in [-0.3, -0.25) is 5.43 Å². The number of carbonyl (C=O) groups is 1. The van der Waals surface area contributed by atoms with Gasteiger partial charge >= 0.3 is 6.09 Å². The number of aromatic nitrogens is 2. The highest BCUT2D eigenvalue weighted by atomic mass is 32.1. The maximum atomic E-state index is 11.4. The number of anilines is 1. The Hall–Kier alpha value is -2.15. The predicted octanol–water partition coefficient (Wildman–Crippen LogP) is 2.22. The van der Waals surface area contributed by atoms with E-state index in [1.165, 1.54) is 11.5 Å². The summed E-state index contributed by atoms with van der Waals surface area (Å²) in [5.74, 6) is 1.21. The molecule has 0 radical (unpaired) electrons. The van der Waals surface area contributed by atoms with Crippen molar-refractivity contribution in [2.75, 3.05) is 5.43 Å². The topological polar surface area (TPSA) is 76.1 Å². The van der Waals surface area contributed by atoms with E-state index in [2.05, 4.69) is 20.2 Å². The fraction of sp³-hybridized carbons (Fsp3) is 0.182. The number of hydrogen-bond acceptors (Lipinski definition) is 6. The minimum Gasteiger partial charge on any atom is -0.409 e. The van der Waals surface area contributed by atoms with Crippen LogP contribution in [-0.4, -0.2) is 15.5 Å². The summed E-state index contributed by atoms with van der Waals surface area (Å²) in [7, 11) is 0. The number of nitrogens with one attached hydrogen (secondary N) is 2. The zero-order valence-corrected chi connectivity index (χ0v) is 10.5. The van der Waals surface area contributed by atoms with Crippen LogP contribution in [0.4, 0.5) is 9.93 Å². The maximum absolute atomic E-state index is 11.4. The first-order valence-electron chi connectivity index (χ1n) is 5.39. The van der Waals surface area contributed by atoms with Gasteiger partial charge in [-0.2, -0.15) is 4.37 Å². The molecule has 0 aliphatic carbocycles. The van der Waals surface area contributed by atoms with Crippen LogP contribution >= 0.6 is 11.5 Å². The summed E-state index contributed by atoms with van der Waals surface area (Å²) in [6.07, 6.45) is 0.154. The van der Waals surface area contributed by atoms with Gasteiger partial charge < -0.3 is 4.74 Å². The van der Waals surface area contributed by atoms with Crippen LogP contribution in [0.25, 0.3) is 0 Å². The molecule has 0 unspecified atom stereocenters. The van der Waals surface area contributed by atoms with Crippen molar-refractivity contribution in [1.82, 2.24) is 14.8 Å². The molecule has 0 atom stereocenters. The molecule has 18 heavy (non-hydrogen) atoms. The van der Waals surface area contributed by atoms with Crippen molar-refractivity contribution in [3.05, 3.63) is 36.2 Å². The van der Waals surface area contributed by atoms with Crippen molar-refractivity contribution in [2.45, 2.75) is 13.3 Å². The average molecular weight is 264 g/mol. The van der Waals surface area contributed by atoms with Gasteiger partial charge in [0.25, 0.3) is 0 Å². The van der Waals surface area contributed by atoms with Gasteiger partial charge in [-0.1, -0.05) is 25.1 Å². The quantitative estimate of drug-likeness (QED) is 0.828. The number of nitrogens with zero attached hydrogens (tertiary/aromatic N) is 2. The van der Waals surface area contributed by atoms with Crippen LogP contribution in [0.3, 0.4) is 0 Å². The van der Waals surface area contributed by atoms with E-state index < -0.39 is 6.09 Å². The molecule has 1 aromatic carbocycles. The second kappa shape index (κ2) is 5.97. The molecule has 1 heterocycles. The van der Waals surface area contributed by atoms with E-state index in [1.54, 1.807) is 24.3 Å². The second-order valence-corrected chi connectivity index (χ2v) is 4.07. The van der Waals surface area contributed by atoms with Gasteiger partial charge in [0.2, 0.25) is 5.13 Å². The lowest BCUT2D eigenvalue weighted by atomic mass is 10.3. The third-order valence-electron chi connectivity index (χ3n) is 2.01. The summed E-state index contributed by atoms with van der Waals surface area (Å²) >= 11 is 1.18. The first kappa shape index (κ1) is 12.3. The fourth-order valence-electron chi connectivity index (χ4n) is 1.17. The molecule has 0 aliphatic heterocycles. The van der Waals surface area contributed by atoms with Gasteiger partial charge in [0.05, 0.1) is 0 Å². The van der Waals surface area contributed by atoms with E-state index in [4.69, 9.17) is 4.74 Å². The van der Waals surface area contributed by atoms with Crippen molar-refractivity contribution >= 4 is 22.8 Å². The van der Waals surface area contributed by atoms with E-state index in [-0.39, 0.29) is 0 Å². The number of benzene rings is 1. The summed E-state index contributed by atoms with van der Waals surface area (Å²) in [6, 6.07) is 8.80. The van der Waals surface area contributed by atoms with Crippen molar-refractivity contribution in [2.24, 2.45) is 0 Å². The number of hydrazine groups is 1. The van der Waals surface area contributed by atoms with Gasteiger partial charge in [0.15, 0.2) is 0 Å². The molecule has 0 bridgehead atoms. The average Bonchev–Trinajstić information content (AvgIpc) is 2.85. The Kier molecular flexibility index (Phi) is 4.08. The zero-order chi connectivity index (χ0) is 12.8. The van der Waals surface area contributed by atoms with E-state index >= 15 is 0 Å². The lowest BCUT2D eigenvalue weighted by Gasteiger charge is -2.05. The van der Waals surface area contributed by atoms with Crippen molar-refractivity contribution < 1.29 is 9.53 Å². The first-order valence-corrected chi connectivity index (χ1v) is 6.16. The van der Waals surface area contributed by atoms with Crippen molar-refractivity contribution in [3.8, 4) is 5.75 Å². The van der Waals surface area contributed by atoms with Crippen LogP contribution in [-0.2, 0) is 6.42 Å². The summed E-state index contributed by atoms with van der Waals surface area (Å²) in [5.41, 5.74) is 5.02. The van der Waals surface area contributed by atoms with Crippen LogP contribution in [0.1, 0.15) is 12.7 Å². The Morgan fingerprint density at radius 1 is 1.39 bits per heavy atom. The standard InChI is InChI=1S/C11H12N4O2S/c1-2-9-12-10(18-15-9)13-14-11(16)17-8-6-4-3-5-7-8/h3-7H,2H2,1H3,(H,14,16)(H,12,13,15). The third-order valence-corrected chi connectivity index (χ3v) is 2.68. The zero-order valence-electron chi connectivity index (χ0n) is 9.71. The highest BCUT2D eigenvalue weighted by Crippen LogP contribution is 2.10. The number of rotatable bonds is 4. The molecule has 2 aromatic rings. The smallest absolute Gasteiger partial charge is 0.409 e. The summed E-state index contributed by atoms with van der Waals surface area (Å²) in [5, 5.41) is 0.525. The molecule has 1 aromatic heterocycles. The summed E-state index contributed by atoms with van der Waals surface area (Å²) < 4.78 is 9.09. The summed E-state index contributed by atoms with van der Waals surface area (Å²) in [6.45, 7) is 1.96. The van der Waals surface area contributed by atoms with Crippen LogP contribution in [0.15, 0.2) is 30.3 Å². The van der Waals surface area contributed by atoms with Crippen LogP contribution in [0.2, 0.25) is 0 Å². The normalized spacial score (nSPS) is 9.83. The molecule has 0 aliphatic rings. The number of hydrogen-bond donors (Lipinski definition) is 2. The molecule has 7 heteroatoms. The minimum atomic E-state index is -0.602. The van der Waals surface area contributed by atoms with Crippen LogP contribution in [0.5, 0.6) is 5.75 Å². The molecule has 1 amide bonds. The Bertz CT molecular complexity index is 515. The van der Waals surface area contributed by atoms with E-state index in [9.17, 15) is 4.79 Å². The molecule has 2 N–H and O–H groups in total. The highest BCUT2D eigenvalue weighted by molar-refractivity contribution is 7.09. The van der Waals surface area contributed by atoms with Crippen LogP contribution in [0, 0.1) is 0 Å². The first-order chi connectivity index (χ1) is 8.78. The third kappa shape index (κ3) is 3.42. The fourth-order valence-corrected chi connectivity index (χ4v) is 1.78. The molecule has 6 nitrogen and oxygen atoms in total. The second-order valence-electron chi connectivity index (χ2n) is 3.32. The van der Waals surface area contributed by atoms with Gasteiger partial charge in [-0.05, 0) is 12.1 Å². The number of ether oxygens (including phenoxy) is 1. The van der Waals surface area contributed by atoms with Crippen LogP contribution < -0.4 is 15.6 Å². The van der Waals surface area contributed by atoms with E-state index in [0.717, 1.165) is 12.2 Å². The molecule has 0 fully saturated rings. The van der Waals surface area contributed by atoms with Gasteiger partial charge in [-0.25, -0.2) is 15.2 Å². The molecular formula is C11H12N4O2S. The molecule has 0 saturated carbocycles. The van der Waals surface area contributed by atoms with Crippen molar-refractivity contribution in [1.29, 1.82) is 0 Å². The van der Waals surface area contributed by atoms with Crippen molar-refractivity contribution in [3.63, 3.8) is 0 Å². The monoisotopic (exact) mass is 264 g/mol. The van der Waals surface area contributed by atoms with Gasteiger partial charge in [-0.15, -0.1) is 0 Å². The lowest BCUT2D eigenvalue weighted by Crippen LogP contribution is -2.32. The maximum Gasteiger partial charge on any atom is 0.431 e. The SMILES string of the molecule is CCc1nsc(NNC(=O)Oc2ccccc2)n1. The number of aryl methyl sites for hydroxylation is 1. The Labute approximate surface area is 108 Å². The Morgan fingerprint density at radius 2 is 2.17 bits per heavy atom. The van der Waals surface area contributed by atoms with E-state index in [0.29, 0.717) is 10.9 Å². The number of carbonyl (C=O) groups excluding carboxylic acids is 1. The molecule has 94 valence electrons. The lowest BCUT2D eigenvalue weighted by molar-refractivity contribution is 0.203. The van der Waals surface area contributed by atoms with E-state index in [1.807, 2.05) is 13.0 Å². The highest BCUT2D eigenvalue weighted by Gasteiger charge is 2.05. The molecule has 0 spiro atoms. The van der Waals surface area contributed by atoms with Gasteiger partial charge in [0, 0.05) is 18.0 Å². The largest absolute Gasteiger partial charge is 0.431 e. The minimum absolute atomic E-state index is 0.475. The summed E-state index contributed by atoms with van der Waals surface area (Å²) in [4.78, 5) is 15.6. The molecular weight excluding hydrogens is 252 g/mol. The Balaban J connectivity index is 1.81. The van der Waals surface area contributed by atoms with Gasteiger partial charge in [0.1, 0.15) is 11.6 Å².